The van der Waals surface area contributed by atoms with Crippen LogP contribution in [0, 0.1) is 6.92 Å². The molecule has 1 saturated heterocycles. The first-order valence-corrected chi connectivity index (χ1v) is 17.0. The van der Waals surface area contributed by atoms with Gasteiger partial charge in [0.25, 0.3) is 0 Å². The summed E-state index contributed by atoms with van der Waals surface area (Å²) in [5.41, 5.74) is 7.37. The highest BCUT2D eigenvalue weighted by molar-refractivity contribution is 6.01. The van der Waals surface area contributed by atoms with Crippen LogP contribution in [0.25, 0.3) is 22.0 Å². The van der Waals surface area contributed by atoms with Gasteiger partial charge in [-0.3, -0.25) is 0 Å². The van der Waals surface area contributed by atoms with E-state index in [0.29, 0.717) is 5.75 Å². The Morgan fingerprint density at radius 2 is 1.82 bits per heavy atom. The molecule has 1 aliphatic heterocycles. The van der Waals surface area contributed by atoms with Crippen molar-refractivity contribution in [3.8, 4) is 5.75 Å². The van der Waals surface area contributed by atoms with E-state index in [1.54, 1.807) is 20.8 Å². The van der Waals surface area contributed by atoms with E-state index in [0.717, 1.165) is 66.0 Å². The van der Waals surface area contributed by atoms with Gasteiger partial charge in [0.15, 0.2) is 6.23 Å². The zero-order valence-corrected chi connectivity index (χ0v) is 29.1. The Morgan fingerprint density at radius 3 is 2.49 bits per heavy atom. The van der Waals surface area contributed by atoms with E-state index < -0.39 is 17.7 Å². The van der Waals surface area contributed by atoms with Crippen LogP contribution in [0.5, 0.6) is 5.75 Å². The summed E-state index contributed by atoms with van der Waals surface area (Å²) in [6.45, 7) is 11.0. The number of carbonyl (C=O) groups is 2. The van der Waals surface area contributed by atoms with Crippen molar-refractivity contribution in [2.24, 2.45) is 0 Å². The highest BCUT2D eigenvalue weighted by Gasteiger charge is 2.22. The monoisotopic (exact) mass is 665 g/mol. The second-order valence-electron chi connectivity index (χ2n) is 13.2. The summed E-state index contributed by atoms with van der Waals surface area (Å²) in [5.74, 6) is -0.418. The molecule has 49 heavy (non-hydrogen) atoms. The first-order chi connectivity index (χ1) is 23.5. The lowest BCUT2D eigenvalue weighted by atomic mass is 9.86. The number of fused-ring (bicyclic) bond motifs is 1. The predicted octanol–water partition coefficient (Wildman–Crippen LogP) is 8.67. The summed E-state index contributed by atoms with van der Waals surface area (Å²) in [5, 5.41) is 14.8. The molecule has 1 aromatic heterocycles. The standard InChI is InChI=1S/C40H47N3O6/c1-6-33(34-13-8-7-12-28(34)2)38(30-18-21-35-31(26-30)27-41-43(35)36-14-9-10-24-48-36)29-16-19-32(20-17-29)47-25-23-42(22-11-15-37(44)45)39(46)49-40(3,4)5/h7-8,11-13,15-21,26-27,36H,6,9-10,14,22-25H2,1-5H3,(H,44,45)/b15-11?,38-33+. The SMILES string of the molecule is CC/C(=C(/c1ccc(OCCN(CC=CC(=O)O)C(=O)OC(C)(C)C)cc1)c1ccc2c(cnn2C2CCCCO2)c1)c1ccccc1C. The van der Waals surface area contributed by atoms with Gasteiger partial charge >= 0.3 is 12.1 Å². The summed E-state index contributed by atoms with van der Waals surface area (Å²) < 4.78 is 19.6. The zero-order chi connectivity index (χ0) is 35.0. The van der Waals surface area contributed by atoms with Crippen LogP contribution in [0.3, 0.4) is 0 Å². The quantitative estimate of drug-likeness (QED) is 0.119. The number of aromatic nitrogens is 2. The van der Waals surface area contributed by atoms with Gasteiger partial charge in [-0.05, 0) is 111 Å². The maximum Gasteiger partial charge on any atom is 0.410 e. The maximum absolute atomic E-state index is 12.8. The van der Waals surface area contributed by atoms with Crippen LogP contribution in [-0.4, -0.2) is 63.8 Å². The fourth-order valence-electron chi connectivity index (χ4n) is 6.14. The van der Waals surface area contributed by atoms with Gasteiger partial charge < -0.3 is 24.2 Å². The van der Waals surface area contributed by atoms with Gasteiger partial charge in [-0.25, -0.2) is 14.3 Å². The number of hydrogen-bond acceptors (Lipinski definition) is 6. The molecule has 5 rings (SSSR count). The minimum Gasteiger partial charge on any atom is -0.492 e. The van der Waals surface area contributed by atoms with E-state index >= 15 is 0 Å². The van der Waals surface area contributed by atoms with E-state index in [-0.39, 0.29) is 25.9 Å². The Balaban J connectivity index is 1.42. The van der Waals surface area contributed by atoms with Gasteiger partial charge in [0, 0.05) is 24.6 Å². The highest BCUT2D eigenvalue weighted by atomic mass is 16.6. The van der Waals surface area contributed by atoms with Crippen molar-refractivity contribution >= 4 is 34.1 Å². The molecule has 1 N–H and O–H groups in total. The molecular weight excluding hydrogens is 618 g/mol. The first kappa shape index (κ1) is 35.4. The number of hydrogen-bond donors (Lipinski definition) is 1. The Labute approximate surface area is 288 Å². The first-order valence-electron chi connectivity index (χ1n) is 17.0. The third-order valence-electron chi connectivity index (χ3n) is 8.45. The van der Waals surface area contributed by atoms with Crippen LogP contribution in [0.4, 0.5) is 4.79 Å². The molecule has 2 heterocycles. The summed E-state index contributed by atoms with van der Waals surface area (Å²) in [6.07, 6.45) is 7.83. The van der Waals surface area contributed by atoms with Crippen molar-refractivity contribution in [3.05, 3.63) is 107 Å². The maximum atomic E-state index is 12.8. The molecule has 1 atom stereocenters. The van der Waals surface area contributed by atoms with E-state index in [9.17, 15) is 9.59 Å². The van der Waals surface area contributed by atoms with Gasteiger partial charge in [0.05, 0.1) is 18.3 Å². The van der Waals surface area contributed by atoms with Crippen molar-refractivity contribution in [3.63, 3.8) is 0 Å². The Kier molecular flexibility index (Phi) is 11.6. The number of allylic oxidation sites excluding steroid dienone is 1. The molecule has 1 unspecified atom stereocenters. The highest BCUT2D eigenvalue weighted by Crippen LogP contribution is 2.38. The Hall–Kier alpha value is -4.89. The van der Waals surface area contributed by atoms with E-state index in [4.69, 9.17) is 24.4 Å². The predicted molar refractivity (Wildman–Crippen MR) is 192 cm³/mol. The number of carboxylic acids is 1. The smallest absolute Gasteiger partial charge is 0.410 e. The van der Waals surface area contributed by atoms with Crippen LogP contribution in [0.2, 0.25) is 0 Å². The summed E-state index contributed by atoms with van der Waals surface area (Å²) in [4.78, 5) is 25.2. The molecule has 0 aliphatic carbocycles. The van der Waals surface area contributed by atoms with Gasteiger partial charge in [-0.2, -0.15) is 5.10 Å². The van der Waals surface area contributed by atoms with Crippen LogP contribution < -0.4 is 4.74 Å². The largest absolute Gasteiger partial charge is 0.492 e. The third-order valence-corrected chi connectivity index (χ3v) is 8.45. The lowest BCUT2D eigenvalue weighted by molar-refractivity contribution is -0.131. The molecule has 1 amide bonds. The number of carboxylic acid groups (broad SMARTS) is 1. The van der Waals surface area contributed by atoms with Crippen molar-refractivity contribution in [1.82, 2.24) is 14.7 Å². The zero-order valence-electron chi connectivity index (χ0n) is 29.1. The number of benzene rings is 3. The van der Waals surface area contributed by atoms with E-state index in [1.807, 2.05) is 23.0 Å². The average Bonchev–Trinajstić information content (AvgIpc) is 3.50. The lowest BCUT2D eigenvalue weighted by Gasteiger charge is -2.26. The number of nitrogens with zero attached hydrogens (tertiary/aromatic N) is 3. The number of amides is 1. The molecule has 0 bridgehead atoms. The molecule has 0 spiro atoms. The second kappa shape index (κ2) is 16.0. The Morgan fingerprint density at radius 1 is 1.06 bits per heavy atom. The number of aliphatic carboxylic acids is 1. The van der Waals surface area contributed by atoms with Crippen LogP contribution >= 0.6 is 0 Å². The molecule has 0 radical (unpaired) electrons. The second-order valence-corrected chi connectivity index (χ2v) is 13.2. The van der Waals surface area contributed by atoms with Crippen LogP contribution in [0.15, 0.2) is 85.1 Å². The molecule has 9 heteroatoms. The third kappa shape index (κ3) is 9.18. The van der Waals surface area contributed by atoms with Crippen molar-refractivity contribution < 1.29 is 28.9 Å². The molecule has 4 aromatic rings. The minimum absolute atomic E-state index is 0.0322. The van der Waals surface area contributed by atoms with Gasteiger partial charge in [0.2, 0.25) is 0 Å². The fraction of sp³-hybridized carbons (Fsp3) is 0.375. The number of carbonyl (C=O) groups excluding carboxylic acids is 1. The van der Waals surface area contributed by atoms with E-state index in [2.05, 4.69) is 68.4 Å². The van der Waals surface area contributed by atoms with Crippen molar-refractivity contribution in [2.45, 2.75) is 72.1 Å². The molecular formula is C40H47N3O6. The fourth-order valence-corrected chi connectivity index (χ4v) is 6.14. The molecule has 258 valence electrons. The molecule has 3 aromatic carbocycles. The minimum atomic E-state index is -1.08. The number of rotatable bonds is 12. The molecule has 1 fully saturated rings. The van der Waals surface area contributed by atoms with Crippen molar-refractivity contribution in [1.29, 1.82) is 0 Å². The van der Waals surface area contributed by atoms with Gasteiger partial charge in [0.1, 0.15) is 18.0 Å². The lowest BCUT2D eigenvalue weighted by Crippen LogP contribution is -2.39. The van der Waals surface area contributed by atoms with Crippen molar-refractivity contribution in [2.75, 3.05) is 26.3 Å². The summed E-state index contributed by atoms with van der Waals surface area (Å²) in [7, 11) is 0. The number of ether oxygens (including phenoxy) is 3. The van der Waals surface area contributed by atoms with Gasteiger partial charge in [-0.15, -0.1) is 0 Å². The Bertz CT molecular complexity index is 1810. The molecule has 1 aliphatic rings. The van der Waals surface area contributed by atoms with Crippen LogP contribution in [0.1, 0.15) is 81.9 Å². The summed E-state index contributed by atoms with van der Waals surface area (Å²) >= 11 is 0. The average molecular weight is 666 g/mol. The summed E-state index contributed by atoms with van der Waals surface area (Å²) in [6, 6.07) is 23.1. The normalized spacial score (nSPS) is 15.7. The molecule has 0 saturated carbocycles. The van der Waals surface area contributed by atoms with E-state index in [1.165, 1.54) is 27.7 Å². The topological polar surface area (TPSA) is 103 Å². The number of aryl methyl sites for hydroxylation is 1. The molecule has 9 nitrogen and oxygen atoms in total. The van der Waals surface area contributed by atoms with Crippen LogP contribution in [-0.2, 0) is 14.3 Å². The van der Waals surface area contributed by atoms with Gasteiger partial charge in [-0.1, -0.05) is 55.5 Å².